The maximum atomic E-state index is 14.1. The lowest BCUT2D eigenvalue weighted by molar-refractivity contribution is -0.140. The van der Waals surface area contributed by atoms with Gasteiger partial charge in [-0.1, -0.05) is 80.4 Å². The molecule has 10 heteroatoms. The summed E-state index contributed by atoms with van der Waals surface area (Å²) in [6.45, 7) is 7.56. The highest BCUT2D eigenvalue weighted by molar-refractivity contribution is 7.92. The number of aryl methyl sites for hydroxylation is 1. The summed E-state index contributed by atoms with van der Waals surface area (Å²) in [6, 6.07) is 19.0. The quantitative estimate of drug-likeness (QED) is 0.272. The Balaban J connectivity index is 2.07. The molecular formula is C30H35Cl2N3O4S. The summed E-state index contributed by atoms with van der Waals surface area (Å²) in [4.78, 5) is 28.8. The van der Waals surface area contributed by atoms with Crippen LogP contribution < -0.4 is 9.62 Å². The molecule has 3 aromatic rings. The molecular weight excluding hydrogens is 569 g/mol. The number of hydrogen-bond acceptors (Lipinski definition) is 4. The Morgan fingerprint density at radius 3 is 2.15 bits per heavy atom. The lowest BCUT2D eigenvalue weighted by atomic mass is 10.1. The van der Waals surface area contributed by atoms with Gasteiger partial charge in [0.2, 0.25) is 11.8 Å². The van der Waals surface area contributed by atoms with Gasteiger partial charge in [-0.3, -0.25) is 13.9 Å². The fraction of sp³-hybridized carbons (Fsp3) is 0.333. The first-order valence-corrected chi connectivity index (χ1v) is 15.3. The zero-order valence-electron chi connectivity index (χ0n) is 23.1. The second-order valence-electron chi connectivity index (χ2n) is 9.97. The van der Waals surface area contributed by atoms with Gasteiger partial charge in [0.1, 0.15) is 12.6 Å². The van der Waals surface area contributed by atoms with Crippen molar-refractivity contribution in [3.8, 4) is 0 Å². The number of carbonyl (C=O) groups is 2. The summed E-state index contributed by atoms with van der Waals surface area (Å²) < 4.78 is 28.9. The monoisotopic (exact) mass is 603 g/mol. The molecule has 214 valence electrons. The Bertz CT molecular complexity index is 1410. The number of hydrogen-bond donors (Lipinski definition) is 1. The van der Waals surface area contributed by atoms with E-state index in [1.54, 1.807) is 61.5 Å². The maximum absolute atomic E-state index is 14.1. The molecule has 1 atom stereocenters. The summed E-state index contributed by atoms with van der Waals surface area (Å²) in [5.41, 5.74) is 1.67. The highest BCUT2D eigenvalue weighted by atomic mass is 35.5. The van der Waals surface area contributed by atoms with Crippen molar-refractivity contribution in [1.82, 2.24) is 10.2 Å². The van der Waals surface area contributed by atoms with Gasteiger partial charge >= 0.3 is 0 Å². The van der Waals surface area contributed by atoms with Crippen LogP contribution in [0.25, 0.3) is 0 Å². The standard InChI is InChI=1S/C30H35Cl2N3O4S/c1-5-27(30(37)33-18-21(2)3)34(19-23-12-15-24(31)16-13-23)29(36)20-35(28-17-25(32)14-11-22(28)4)40(38,39)26-9-7-6-8-10-26/h6-17,21,27H,5,18-20H2,1-4H3,(H,33,37)/t27-/m0/s1. The van der Waals surface area contributed by atoms with Crippen molar-refractivity contribution in [3.05, 3.63) is 94.0 Å². The Kier molecular flexibility index (Phi) is 11.0. The van der Waals surface area contributed by atoms with Crippen LogP contribution in [-0.4, -0.2) is 44.3 Å². The molecule has 1 N–H and O–H groups in total. The molecule has 40 heavy (non-hydrogen) atoms. The van der Waals surface area contributed by atoms with E-state index in [2.05, 4.69) is 5.32 Å². The van der Waals surface area contributed by atoms with Crippen LogP contribution in [0, 0.1) is 12.8 Å². The number of carbonyl (C=O) groups excluding carboxylic acids is 2. The summed E-state index contributed by atoms with van der Waals surface area (Å²) in [5.74, 6) is -0.602. The minimum atomic E-state index is -4.17. The van der Waals surface area contributed by atoms with E-state index in [0.29, 0.717) is 28.6 Å². The second kappa shape index (κ2) is 14.0. The van der Waals surface area contributed by atoms with Crippen LogP contribution >= 0.6 is 23.2 Å². The number of sulfonamides is 1. The summed E-state index contributed by atoms with van der Waals surface area (Å²) >= 11 is 12.3. The third-order valence-corrected chi connectivity index (χ3v) is 8.65. The third-order valence-electron chi connectivity index (χ3n) is 6.39. The highest BCUT2D eigenvalue weighted by Crippen LogP contribution is 2.30. The van der Waals surface area contributed by atoms with Gasteiger partial charge in [0.15, 0.2) is 0 Å². The van der Waals surface area contributed by atoms with Crippen LogP contribution in [0.5, 0.6) is 0 Å². The SMILES string of the molecule is CC[C@@H](C(=O)NCC(C)C)N(Cc1ccc(Cl)cc1)C(=O)CN(c1cc(Cl)ccc1C)S(=O)(=O)c1ccccc1. The van der Waals surface area contributed by atoms with Crippen LogP contribution in [0.2, 0.25) is 10.0 Å². The normalized spacial score (nSPS) is 12.2. The van der Waals surface area contributed by atoms with Gasteiger partial charge in [0.05, 0.1) is 10.6 Å². The van der Waals surface area contributed by atoms with E-state index in [0.717, 1.165) is 9.87 Å². The average molecular weight is 605 g/mol. The molecule has 0 aliphatic heterocycles. The fourth-order valence-corrected chi connectivity index (χ4v) is 6.00. The molecule has 7 nitrogen and oxygen atoms in total. The first-order valence-electron chi connectivity index (χ1n) is 13.1. The predicted molar refractivity (Wildman–Crippen MR) is 161 cm³/mol. The van der Waals surface area contributed by atoms with E-state index in [4.69, 9.17) is 23.2 Å². The number of nitrogens with one attached hydrogen (secondary N) is 1. The van der Waals surface area contributed by atoms with Crippen molar-refractivity contribution in [2.24, 2.45) is 5.92 Å². The van der Waals surface area contributed by atoms with Crippen LogP contribution in [-0.2, 0) is 26.2 Å². The zero-order chi connectivity index (χ0) is 29.4. The topological polar surface area (TPSA) is 86.8 Å². The van der Waals surface area contributed by atoms with E-state index >= 15 is 0 Å². The van der Waals surface area contributed by atoms with Gasteiger partial charge in [-0.2, -0.15) is 0 Å². The summed E-state index contributed by atoms with van der Waals surface area (Å²) in [7, 11) is -4.17. The van der Waals surface area contributed by atoms with Crippen LogP contribution in [0.4, 0.5) is 5.69 Å². The maximum Gasteiger partial charge on any atom is 0.264 e. The Morgan fingerprint density at radius 2 is 1.55 bits per heavy atom. The first-order chi connectivity index (χ1) is 18.9. The Labute approximate surface area is 247 Å². The van der Waals surface area contributed by atoms with E-state index in [1.807, 2.05) is 20.8 Å². The molecule has 0 unspecified atom stereocenters. The number of benzene rings is 3. The van der Waals surface area contributed by atoms with Gasteiger partial charge in [-0.05, 0) is 66.8 Å². The van der Waals surface area contributed by atoms with Crippen LogP contribution in [0.3, 0.4) is 0 Å². The largest absolute Gasteiger partial charge is 0.354 e. The molecule has 0 heterocycles. The third kappa shape index (κ3) is 7.99. The number of nitrogens with zero attached hydrogens (tertiary/aromatic N) is 2. The van der Waals surface area contributed by atoms with Gasteiger partial charge in [0.25, 0.3) is 10.0 Å². The smallest absolute Gasteiger partial charge is 0.264 e. The van der Waals surface area contributed by atoms with E-state index in [-0.39, 0.29) is 29.0 Å². The molecule has 0 bridgehead atoms. The van der Waals surface area contributed by atoms with Gasteiger partial charge in [-0.25, -0.2) is 8.42 Å². The van der Waals surface area contributed by atoms with Crippen molar-refractivity contribution >= 4 is 50.7 Å². The van der Waals surface area contributed by atoms with Crippen molar-refractivity contribution < 1.29 is 18.0 Å². The van der Waals surface area contributed by atoms with Crippen molar-refractivity contribution in [2.75, 3.05) is 17.4 Å². The van der Waals surface area contributed by atoms with Crippen molar-refractivity contribution in [1.29, 1.82) is 0 Å². The lowest BCUT2D eigenvalue weighted by Crippen LogP contribution is -2.52. The van der Waals surface area contributed by atoms with Gasteiger partial charge in [-0.15, -0.1) is 0 Å². The molecule has 0 aliphatic rings. The second-order valence-corrected chi connectivity index (χ2v) is 12.7. The molecule has 0 radical (unpaired) electrons. The number of amides is 2. The van der Waals surface area contributed by atoms with Crippen LogP contribution in [0.1, 0.15) is 38.3 Å². The number of halogens is 2. The zero-order valence-corrected chi connectivity index (χ0v) is 25.4. The first kappa shape index (κ1) is 31.5. The molecule has 0 saturated heterocycles. The van der Waals surface area contributed by atoms with Gasteiger partial charge < -0.3 is 10.2 Å². The molecule has 0 spiro atoms. The summed E-state index contributed by atoms with van der Waals surface area (Å²) in [6.07, 6.45) is 0.338. The van der Waals surface area contributed by atoms with Crippen LogP contribution in [0.15, 0.2) is 77.7 Å². The molecule has 3 aromatic carbocycles. The molecule has 0 saturated carbocycles. The lowest BCUT2D eigenvalue weighted by Gasteiger charge is -2.33. The highest BCUT2D eigenvalue weighted by Gasteiger charge is 2.34. The average Bonchev–Trinajstić information content (AvgIpc) is 2.93. The molecule has 2 amide bonds. The Hall–Kier alpha value is -3.07. The van der Waals surface area contributed by atoms with Crippen molar-refractivity contribution in [3.63, 3.8) is 0 Å². The van der Waals surface area contributed by atoms with E-state index in [9.17, 15) is 18.0 Å². The van der Waals surface area contributed by atoms with Gasteiger partial charge in [0, 0.05) is 23.1 Å². The fourth-order valence-electron chi connectivity index (χ4n) is 4.21. The molecule has 0 aliphatic carbocycles. The number of anilines is 1. The van der Waals surface area contributed by atoms with E-state index < -0.39 is 28.5 Å². The van der Waals surface area contributed by atoms with Crippen molar-refractivity contribution in [2.45, 2.75) is 51.6 Å². The molecule has 0 fully saturated rings. The molecule has 3 rings (SSSR count). The van der Waals surface area contributed by atoms with E-state index in [1.165, 1.54) is 23.1 Å². The molecule has 0 aromatic heterocycles. The predicted octanol–water partition coefficient (Wildman–Crippen LogP) is 6.08. The Morgan fingerprint density at radius 1 is 0.925 bits per heavy atom. The minimum absolute atomic E-state index is 0.0353. The minimum Gasteiger partial charge on any atom is -0.354 e. The number of rotatable bonds is 12. The summed E-state index contributed by atoms with van der Waals surface area (Å²) in [5, 5.41) is 3.79.